The van der Waals surface area contributed by atoms with E-state index in [0.29, 0.717) is 16.9 Å². The fraction of sp³-hybridized carbons (Fsp3) is 0.643. The molecule has 1 amide bonds. The first kappa shape index (κ1) is 13.8. The molecule has 5 heteroatoms. The lowest BCUT2D eigenvalue weighted by Crippen LogP contribution is -2.32. The van der Waals surface area contributed by atoms with Crippen LogP contribution in [0.1, 0.15) is 43.6 Å². The highest BCUT2D eigenvalue weighted by molar-refractivity contribution is 5.92. The zero-order valence-corrected chi connectivity index (χ0v) is 11.9. The number of hydrogen-bond acceptors (Lipinski definition) is 4. The van der Waals surface area contributed by atoms with E-state index in [1.807, 2.05) is 4.90 Å². The highest BCUT2D eigenvalue weighted by atomic mass is 16.2. The van der Waals surface area contributed by atoms with Crippen LogP contribution >= 0.6 is 0 Å². The van der Waals surface area contributed by atoms with E-state index < -0.39 is 0 Å². The van der Waals surface area contributed by atoms with Crippen molar-refractivity contribution in [1.29, 1.82) is 0 Å². The SMILES string of the molecule is CCC1(CC)CCN(C(=O)c2cnc(NC)cn2)C1. The predicted molar refractivity (Wildman–Crippen MR) is 75.1 cm³/mol. The van der Waals surface area contributed by atoms with Crippen molar-refractivity contribution in [1.82, 2.24) is 14.9 Å². The van der Waals surface area contributed by atoms with Crippen molar-refractivity contribution in [3.05, 3.63) is 18.1 Å². The minimum absolute atomic E-state index is 0.000993. The van der Waals surface area contributed by atoms with Crippen LogP contribution in [0.2, 0.25) is 0 Å². The maximum atomic E-state index is 12.4. The third kappa shape index (κ3) is 2.69. The van der Waals surface area contributed by atoms with E-state index in [0.717, 1.165) is 32.4 Å². The lowest BCUT2D eigenvalue weighted by Gasteiger charge is -2.26. The summed E-state index contributed by atoms with van der Waals surface area (Å²) in [6.45, 7) is 6.09. The molecule has 1 N–H and O–H groups in total. The first-order valence-electron chi connectivity index (χ1n) is 6.93. The second-order valence-corrected chi connectivity index (χ2v) is 5.22. The molecule has 1 saturated heterocycles. The molecule has 1 aromatic rings. The Morgan fingerprint density at radius 1 is 1.37 bits per heavy atom. The van der Waals surface area contributed by atoms with Gasteiger partial charge in [0.15, 0.2) is 0 Å². The van der Waals surface area contributed by atoms with Crippen LogP contribution in [0.15, 0.2) is 12.4 Å². The molecule has 0 saturated carbocycles. The maximum absolute atomic E-state index is 12.4. The topological polar surface area (TPSA) is 58.1 Å². The van der Waals surface area contributed by atoms with Crippen LogP contribution in [0.5, 0.6) is 0 Å². The minimum atomic E-state index is -0.000993. The largest absolute Gasteiger partial charge is 0.372 e. The highest BCUT2D eigenvalue weighted by Crippen LogP contribution is 2.37. The van der Waals surface area contributed by atoms with Gasteiger partial charge < -0.3 is 10.2 Å². The Morgan fingerprint density at radius 3 is 2.58 bits per heavy atom. The number of likely N-dealkylation sites (tertiary alicyclic amines) is 1. The van der Waals surface area contributed by atoms with Crippen LogP contribution in [0.3, 0.4) is 0 Å². The van der Waals surface area contributed by atoms with Gasteiger partial charge in [0.25, 0.3) is 5.91 Å². The van der Waals surface area contributed by atoms with Crippen LogP contribution in [-0.2, 0) is 0 Å². The molecule has 104 valence electrons. The van der Waals surface area contributed by atoms with Crippen molar-refractivity contribution in [3.63, 3.8) is 0 Å². The molecule has 5 nitrogen and oxygen atoms in total. The van der Waals surface area contributed by atoms with Gasteiger partial charge in [-0.15, -0.1) is 0 Å². The summed E-state index contributed by atoms with van der Waals surface area (Å²) in [5, 5.41) is 2.90. The summed E-state index contributed by atoms with van der Waals surface area (Å²) in [7, 11) is 1.78. The Morgan fingerprint density at radius 2 is 2.11 bits per heavy atom. The van der Waals surface area contributed by atoms with Crippen LogP contribution in [0.4, 0.5) is 5.82 Å². The second-order valence-electron chi connectivity index (χ2n) is 5.22. The van der Waals surface area contributed by atoms with Crippen LogP contribution < -0.4 is 5.32 Å². The standard InChI is InChI=1S/C14H22N4O/c1-4-14(5-2)6-7-18(10-14)13(19)11-8-17-12(15-3)9-16-11/h8-9H,4-7,10H2,1-3H3,(H,15,17). The average molecular weight is 262 g/mol. The Labute approximate surface area is 114 Å². The fourth-order valence-corrected chi connectivity index (χ4v) is 2.67. The number of nitrogens with one attached hydrogen (secondary N) is 1. The summed E-state index contributed by atoms with van der Waals surface area (Å²) in [6.07, 6.45) is 6.48. The second kappa shape index (κ2) is 5.55. The van der Waals surface area contributed by atoms with Crippen molar-refractivity contribution >= 4 is 11.7 Å². The molecule has 0 unspecified atom stereocenters. The first-order valence-corrected chi connectivity index (χ1v) is 6.93. The number of nitrogens with zero attached hydrogens (tertiary/aromatic N) is 3. The van der Waals surface area contributed by atoms with Crippen LogP contribution in [-0.4, -0.2) is 40.9 Å². The Bertz CT molecular complexity index is 439. The van der Waals surface area contributed by atoms with Gasteiger partial charge in [-0.25, -0.2) is 9.97 Å². The Kier molecular flexibility index (Phi) is 4.02. The number of carbonyl (C=O) groups is 1. The van der Waals surface area contributed by atoms with E-state index in [-0.39, 0.29) is 5.91 Å². The lowest BCUT2D eigenvalue weighted by molar-refractivity contribution is 0.0763. The van der Waals surface area contributed by atoms with Crippen LogP contribution in [0.25, 0.3) is 0 Å². The molecule has 1 aromatic heterocycles. The molecule has 1 fully saturated rings. The molecular formula is C14H22N4O. The van der Waals surface area contributed by atoms with Crippen LogP contribution in [0, 0.1) is 5.41 Å². The van der Waals surface area contributed by atoms with Gasteiger partial charge in [0, 0.05) is 20.1 Å². The average Bonchev–Trinajstić information content (AvgIpc) is 2.92. The lowest BCUT2D eigenvalue weighted by atomic mass is 9.82. The summed E-state index contributed by atoms with van der Waals surface area (Å²) in [5.74, 6) is 0.674. The first-order chi connectivity index (χ1) is 9.14. The van der Waals surface area contributed by atoms with Crippen molar-refractivity contribution < 1.29 is 4.79 Å². The van der Waals surface area contributed by atoms with Gasteiger partial charge in [0.2, 0.25) is 0 Å². The maximum Gasteiger partial charge on any atom is 0.274 e. The summed E-state index contributed by atoms with van der Waals surface area (Å²) in [6, 6.07) is 0. The number of aromatic nitrogens is 2. The third-order valence-corrected chi connectivity index (χ3v) is 4.35. The van der Waals surface area contributed by atoms with E-state index in [2.05, 4.69) is 29.1 Å². The molecule has 0 aliphatic carbocycles. The van der Waals surface area contributed by atoms with E-state index in [1.165, 1.54) is 0 Å². The van der Waals surface area contributed by atoms with Gasteiger partial charge in [-0.05, 0) is 24.7 Å². The van der Waals surface area contributed by atoms with Crippen molar-refractivity contribution in [2.24, 2.45) is 5.41 Å². The zero-order chi connectivity index (χ0) is 13.9. The summed E-state index contributed by atoms with van der Waals surface area (Å²) >= 11 is 0. The van der Waals surface area contributed by atoms with Gasteiger partial charge in [-0.2, -0.15) is 0 Å². The van der Waals surface area contributed by atoms with E-state index in [1.54, 1.807) is 19.4 Å². The molecule has 1 aliphatic rings. The van der Waals surface area contributed by atoms with Crippen molar-refractivity contribution in [3.8, 4) is 0 Å². The van der Waals surface area contributed by atoms with Crippen molar-refractivity contribution in [2.45, 2.75) is 33.1 Å². The summed E-state index contributed by atoms with van der Waals surface area (Å²) in [5.41, 5.74) is 0.732. The molecule has 0 bridgehead atoms. The molecular weight excluding hydrogens is 240 g/mol. The summed E-state index contributed by atoms with van der Waals surface area (Å²) in [4.78, 5) is 22.6. The fourth-order valence-electron chi connectivity index (χ4n) is 2.67. The number of rotatable bonds is 4. The number of hydrogen-bond donors (Lipinski definition) is 1. The van der Waals surface area contributed by atoms with Gasteiger partial charge in [0.05, 0.1) is 12.4 Å². The summed E-state index contributed by atoms with van der Waals surface area (Å²) < 4.78 is 0. The monoisotopic (exact) mass is 262 g/mol. The molecule has 2 heterocycles. The predicted octanol–water partition coefficient (Wildman–Crippen LogP) is 2.17. The highest BCUT2D eigenvalue weighted by Gasteiger charge is 2.37. The molecule has 0 aromatic carbocycles. The van der Waals surface area contributed by atoms with Gasteiger partial charge in [-0.3, -0.25) is 4.79 Å². The Hall–Kier alpha value is -1.65. The smallest absolute Gasteiger partial charge is 0.274 e. The van der Waals surface area contributed by atoms with E-state index in [4.69, 9.17) is 0 Å². The van der Waals surface area contributed by atoms with Gasteiger partial charge in [0.1, 0.15) is 11.5 Å². The number of amides is 1. The molecule has 0 atom stereocenters. The molecule has 2 rings (SSSR count). The van der Waals surface area contributed by atoms with Gasteiger partial charge >= 0.3 is 0 Å². The van der Waals surface area contributed by atoms with E-state index in [9.17, 15) is 4.79 Å². The van der Waals surface area contributed by atoms with Gasteiger partial charge in [-0.1, -0.05) is 13.8 Å². The van der Waals surface area contributed by atoms with E-state index >= 15 is 0 Å². The van der Waals surface area contributed by atoms with Crippen molar-refractivity contribution in [2.75, 3.05) is 25.5 Å². The molecule has 1 aliphatic heterocycles. The molecule has 0 radical (unpaired) electrons. The normalized spacial score (nSPS) is 17.5. The molecule has 19 heavy (non-hydrogen) atoms. The quantitative estimate of drug-likeness (QED) is 0.903. The zero-order valence-electron chi connectivity index (χ0n) is 11.9. The number of anilines is 1. The molecule has 0 spiro atoms. The minimum Gasteiger partial charge on any atom is -0.372 e. The third-order valence-electron chi connectivity index (χ3n) is 4.35. The number of carbonyl (C=O) groups excluding carboxylic acids is 1. The Balaban J connectivity index is 2.08.